The van der Waals surface area contributed by atoms with E-state index >= 15 is 0 Å². The summed E-state index contributed by atoms with van der Waals surface area (Å²) in [5.74, 6) is 0. The second-order valence-electron chi connectivity index (χ2n) is 3.89. The summed E-state index contributed by atoms with van der Waals surface area (Å²) in [4.78, 5) is 0. The third kappa shape index (κ3) is 1.08. The Kier molecular flexibility index (Phi) is 2.15. The highest BCUT2D eigenvalue weighted by Crippen LogP contribution is 2.42. The molecule has 5 heteroatoms. The van der Waals surface area contributed by atoms with Gasteiger partial charge in [-0.15, -0.1) is 0 Å². The molecule has 0 radical (unpaired) electrons. The lowest BCUT2D eigenvalue weighted by atomic mass is 9.89. The fraction of sp³-hybridized carbons (Fsp3) is 1.00. The normalized spacial score (nSPS) is 51.2. The van der Waals surface area contributed by atoms with Gasteiger partial charge in [0.15, 0.2) is 0 Å². The Morgan fingerprint density at radius 1 is 1.69 bits per heavy atom. The number of aliphatic hydroxyl groups excluding tert-OH is 1. The van der Waals surface area contributed by atoms with E-state index in [0.29, 0.717) is 6.61 Å². The van der Waals surface area contributed by atoms with Crippen LogP contribution in [-0.2, 0) is 14.2 Å². The summed E-state index contributed by atoms with van der Waals surface area (Å²) in [6.45, 7) is 2.15. The molecule has 0 aromatic rings. The van der Waals surface area contributed by atoms with E-state index in [1.807, 2.05) is 7.85 Å². The molecule has 0 spiro atoms. The van der Waals surface area contributed by atoms with Crippen LogP contribution in [-0.4, -0.2) is 56.6 Å². The first-order chi connectivity index (χ1) is 6.12. The summed E-state index contributed by atoms with van der Waals surface area (Å²) < 4.78 is 16.6. The molecular formula is C8H15BO4. The number of rotatable bonds is 2. The molecule has 2 heterocycles. The third-order valence-corrected chi connectivity index (χ3v) is 3.11. The Balaban J connectivity index is 2.27. The monoisotopic (exact) mass is 186 g/mol. The maximum atomic E-state index is 9.66. The van der Waals surface area contributed by atoms with Crippen LogP contribution in [0, 0.1) is 0 Å². The van der Waals surface area contributed by atoms with Crippen LogP contribution in [0.15, 0.2) is 0 Å². The van der Waals surface area contributed by atoms with Gasteiger partial charge in [-0.25, -0.2) is 0 Å². The number of fused-ring (bicyclic) bond motifs is 2. The van der Waals surface area contributed by atoms with Crippen molar-refractivity contribution in [3.05, 3.63) is 0 Å². The fourth-order valence-corrected chi connectivity index (χ4v) is 2.36. The molecule has 74 valence electrons. The van der Waals surface area contributed by atoms with E-state index in [4.69, 9.17) is 14.2 Å². The van der Waals surface area contributed by atoms with Crippen molar-refractivity contribution >= 4 is 7.85 Å². The van der Waals surface area contributed by atoms with Gasteiger partial charge in [0.1, 0.15) is 25.7 Å². The van der Waals surface area contributed by atoms with E-state index in [1.165, 1.54) is 0 Å². The number of hydrogen-bond acceptors (Lipinski definition) is 4. The van der Waals surface area contributed by atoms with Crippen molar-refractivity contribution < 1.29 is 19.3 Å². The van der Waals surface area contributed by atoms with Crippen LogP contribution < -0.4 is 0 Å². The molecule has 0 aromatic carbocycles. The quantitative estimate of drug-likeness (QED) is 0.533. The summed E-state index contributed by atoms with van der Waals surface area (Å²) >= 11 is 0. The number of methoxy groups -OCH3 is 1. The molecule has 0 aromatic heterocycles. The maximum absolute atomic E-state index is 9.66. The first kappa shape index (κ1) is 9.46. The van der Waals surface area contributed by atoms with Gasteiger partial charge in [-0.2, -0.15) is 0 Å². The first-order valence-corrected chi connectivity index (χ1v) is 4.62. The van der Waals surface area contributed by atoms with Crippen molar-refractivity contribution in [2.24, 2.45) is 0 Å². The zero-order valence-corrected chi connectivity index (χ0v) is 8.19. The summed E-state index contributed by atoms with van der Waals surface area (Å²) in [5.41, 5.74) is -0.640. The average Bonchev–Trinajstić information content (AvgIpc) is 2.56. The lowest BCUT2D eigenvalue weighted by Crippen LogP contribution is -2.50. The molecule has 5 atom stereocenters. The highest BCUT2D eigenvalue weighted by atomic mass is 16.7. The van der Waals surface area contributed by atoms with Crippen LogP contribution in [0.25, 0.3) is 0 Å². The minimum Gasteiger partial charge on any atom is -0.390 e. The third-order valence-electron chi connectivity index (χ3n) is 3.11. The zero-order valence-electron chi connectivity index (χ0n) is 8.19. The van der Waals surface area contributed by atoms with Crippen molar-refractivity contribution in [1.82, 2.24) is 0 Å². The molecule has 2 bridgehead atoms. The predicted octanol–water partition coefficient (Wildman–Crippen LogP) is -1.49. The van der Waals surface area contributed by atoms with Gasteiger partial charge >= 0.3 is 0 Å². The van der Waals surface area contributed by atoms with E-state index in [1.54, 1.807) is 14.0 Å². The molecule has 0 amide bonds. The molecule has 13 heavy (non-hydrogen) atoms. The van der Waals surface area contributed by atoms with Crippen LogP contribution in [0.3, 0.4) is 0 Å². The smallest absolute Gasteiger partial charge is 0.145 e. The number of ether oxygens (including phenoxy) is 3. The minimum absolute atomic E-state index is 0.00769. The van der Waals surface area contributed by atoms with Gasteiger partial charge in [0.2, 0.25) is 0 Å². The van der Waals surface area contributed by atoms with Gasteiger partial charge in [-0.05, 0) is 6.92 Å². The van der Waals surface area contributed by atoms with E-state index in [2.05, 4.69) is 0 Å². The lowest BCUT2D eigenvalue weighted by Gasteiger charge is -2.32. The molecule has 0 aliphatic carbocycles. The van der Waals surface area contributed by atoms with Gasteiger partial charge < -0.3 is 19.3 Å². The Bertz CT molecular complexity index is 210. The molecule has 2 rings (SSSR count). The molecular weight excluding hydrogens is 171 g/mol. The summed E-state index contributed by atoms with van der Waals surface area (Å²) in [6, 6.07) is 0.00769. The molecule has 2 aliphatic rings. The van der Waals surface area contributed by atoms with Crippen LogP contribution >= 0.6 is 0 Å². The summed E-state index contributed by atoms with van der Waals surface area (Å²) in [7, 11) is 3.57. The van der Waals surface area contributed by atoms with Gasteiger partial charge in [-0.3, -0.25) is 0 Å². The highest BCUT2D eigenvalue weighted by molar-refractivity contribution is 6.11. The topological polar surface area (TPSA) is 47.9 Å². The Labute approximate surface area is 78.6 Å². The van der Waals surface area contributed by atoms with Crippen LogP contribution in [0.1, 0.15) is 6.92 Å². The van der Waals surface area contributed by atoms with Crippen LogP contribution in [0.5, 0.6) is 0 Å². The lowest BCUT2D eigenvalue weighted by molar-refractivity contribution is -0.165. The van der Waals surface area contributed by atoms with Gasteiger partial charge in [0, 0.05) is 7.11 Å². The molecule has 2 saturated heterocycles. The highest BCUT2D eigenvalue weighted by Gasteiger charge is 2.62. The van der Waals surface area contributed by atoms with E-state index in [0.717, 1.165) is 0 Å². The fourth-order valence-electron chi connectivity index (χ4n) is 2.36. The van der Waals surface area contributed by atoms with Crippen molar-refractivity contribution in [3.63, 3.8) is 0 Å². The van der Waals surface area contributed by atoms with Gasteiger partial charge in [-0.1, -0.05) is 0 Å². The standard InChI is InChI=1S/C8H15BO4/c1-4(10)8-3-12-5(6(8)11-2)7(9)13-8/h4-7,10H,3,9H2,1-2H3/t4-,5+,6-,7+,8+/m0/s1. The van der Waals surface area contributed by atoms with Crippen LogP contribution in [0.2, 0.25) is 0 Å². The van der Waals surface area contributed by atoms with Crippen LogP contribution in [0.4, 0.5) is 0 Å². The minimum atomic E-state index is -0.640. The van der Waals surface area contributed by atoms with E-state index in [-0.39, 0.29) is 18.2 Å². The largest absolute Gasteiger partial charge is 0.390 e. The second kappa shape index (κ2) is 2.95. The Hall–Kier alpha value is -0.0951. The predicted molar refractivity (Wildman–Crippen MR) is 48.4 cm³/mol. The van der Waals surface area contributed by atoms with Crippen molar-refractivity contribution in [1.29, 1.82) is 0 Å². The molecule has 4 nitrogen and oxygen atoms in total. The second-order valence-corrected chi connectivity index (χ2v) is 3.89. The molecule has 2 fully saturated rings. The van der Waals surface area contributed by atoms with E-state index < -0.39 is 11.7 Å². The molecule has 1 N–H and O–H groups in total. The molecule has 0 unspecified atom stereocenters. The van der Waals surface area contributed by atoms with Crippen molar-refractivity contribution in [2.45, 2.75) is 36.8 Å². The van der Waals surface area contributed by atoms with Crippen molar-refractivity contribution in [2.75, 3.05) is 13.7 Å². The SMILES string of the molecule is B[C@@H]1O[C@@]2([C@H](C)O)CO[C@@H]1[C@@H]2OC. The van der Waals surface area contributed by atoms with E-state index in [9.17, 15) is 5.11 Å². The molecule has 2 aliphatic heterocycles. The average molecular weight is 186 g/mol. The first-order valence-electron chi connectivity index (χ1n) is 4.62. The summed E-state index contributed by atoms with van der Waals surface area (Å²) in [5, 5.41) is 9.66. The summed E-state index contributed by atoms with van der Waals surface area (Å²) in [6.07, 6.45) is -0.727. The van der Waals surface area contributed by atoms with Crippen molar-refractivity contribution in [3.8, 4) is 0 Å². The molecule has 0 saturated carbocycles. The van der Waals surface area contributed by atoms with Gasteiger partial charge in [0.25, 0.3) is 0 Å². The van der Waals surface area contributed by atoms with Gasteiger partial charge in [0.05, 0.1) is 18.7 Å². The zero-order chi connectivity index (χ0) is 9.64. The maximum Gasteiger partial charge on any atom is 0.145 e. The number of aliphatic hydroxyl groups is 1. The number of hydrogen-bond donors (Lipinski definition) is 1. The Morgan fingerprint density at radius 3 is 2.77 bits per heavy atom. The Morgan fingerprint density at radius 2 is 2.38 bits per heavy atom.